The van der Waals surface area contributed by atoms with Crippen molar-refractivity contribution in [2.24, 2.45) is 0 Å². The van der Waals surface area contributed by atoms with Crippen LogP contribution in [0.2, 0.25) is 0 Å². The van der Waals surface area contributed by atoms with Crippen LogP contribution in [0.4, 0.5) is 11.4 Å². The number of nitrogens with zero attached hydrogens (tertiary/aromatic N) is 1. The molecule has 7 nitrogen and oxygen atoms in total. The number of esters is 2. The van der Waals surface area contributed by atoms with Crippen LogP contribution in [0.1, 0.15) is 46.1 Å². The van der Waals surface area contributed by atoms with Gasteiger partial charge < -0.3 is 20.1 Å². The first-order chi connectivity index (χ1) is 12.3. The average Bonchev–Trinajstić information content (AvgIpc) is 2.77. The third kappa shape index (κ3) is 3.52. The van der Waals surface area contributed by atoms with Gasteiger partial charge in [-0.25, -0.2) is 0 Å². The minimum Gasteiger partial charge on any atom is -0.466 e. The largest absolute Gasteiger partial charge is 0.466 e. The van der Waals surface area contributed by atoms with Gasteiger partial charge in [-0.2, -0.15) is 0 Å². The summed E-state index contributed by atoms with van der Waals surface area (Å²) in [5.41, 5.74) is 6.25. The van der Waals surface area contributed by atoms with E-state index in [2.05, 4.69) is 0 Å². The molecule has 0 spiro atoms. The Morgan fingerprint density at radius 1 is 1.12 bits per heavy atom. The number of nitrogens with two attached hydrogens (primary N) is 1. The number of rotatable bonds is 7. The molecule has 0 atom stereocenters. The zero-order chi connectivity index (χ0) is 19.5. The van der Waals surface area contributed by atoms with Crippen molar-refractivity contribution in [1.82, 2.24) is 0 Å². The molecule has 0 saturated heterocycles. The standard InChI is InChI=1S/C19H26N2O5/c1-5-25-16(22)10-19(11-17(23)26-6-2)14-9-13(20)7-8-15(14)21(12(3)4)18(19)24/h7-9,12H,5-6,10-11,20H2,1-4H3. The fraction of sp³-hybridized carbons (Fsp3) is 0.526. The molecule has 1 heterocycles. The Morgan fingerprint density at radius 2 is 1.65 bits per heavy atom. The van der Waals surface area contributed by atoms with Crippen molar-refractivity contribution in [2.75, 3.05) is 23.8 Å². The predicted molar refractivity (Wildman–Crippen MR) is 97.7 cm³/mol. The third-order valence-electron chi connectivity index (χ3n) is 4.44. The van der Waals surface area contributed by atoms with E-state index in [1.165, 1.54) is 0 Å². The molecule has 0 unspecified atom stereocenters. The molecular weight excluding hydrogens is 336 g/mol. The van der Waals surface area contributed by atoms with Gasteiger partial charge in [-0.3, -0.25) is 14.4 Å². The molecule has 0 aliphatic carbocycles. The van der Waals surface area contributed by atoms with Gasteiger partial charge in [-0.1, -0.05) is 0 Å². The Balaban J connectivity index is 2.61. The summed E-state index contributed by atoms with van der Waals surface area (Å²) >= 11 is 0. The Hall–Kier alpha value is -2.57. The second-order valence-corrected chi connectivity index (χ2v) is 6.59. The molecule has 0 aromatic heterocycles. The van der Waals surface area contributed by atoms with E-state index in [1.807, 2.05) is 13.8 Å². The van der Waals surface area contributed by atoms with Gasteiger partial charge in [-0.15, -0.1) is 0 Å². The van der Waals surface area contributed by atoms with Crippen LogP contribution in [0.3, 0.4) is 0 Å². The van der Waals surface area contributed by atoms with E-state index in [4.69, 9.17) is 15.2 Å². The maximum absolute atomic E-state index is 13.4. The van der Waals surface area contributed by atoms with Gasteiger partial charge in [0.1, 0.15) is 0 Å². The summed E-state index contributed by atoms with van der Waals surface area (Å²) in [5.74, 6) is -1.39. The van der Waals surface area contributed by atoms with Gasteiger partial charge in [0.2, 0.25) is 5.91 Å². The van der Waals surface area contributed by atoms with E-state index >= 15 is 0 Å². The average molecular weight is 362 g/mol. The summed E-state index contributed by atoms with van der Waals surface area (Å²) in [6.07, 6.45) is -0.476. The molecule has 0 saturated carbocycles. The summed E-state index contributed by atoms with van der Waals surface area (Å²) in [6, 6.07) is 4.97. The molecule has 2 N–H and O–H groups in total. The van der Waals surface area contributed by atoms with Crippen LogP contribution >= 0.6 is 0 Å². The number of amides is 1. The Labute approximate surface area is 153 Å². The number of anilines is 2. The Bertz CT molecular complexity index is 694. The molecule has 0 fully saturated rings. The lowest BCUT2D eigenvalue weighted by molar-refractivity contribution is -0.151. The van der Waals surface area contributed by atoms with Crippen LogP contribution in [0.15, 0.2) is 18.2 Å². The molecule has 0 bridgehead atoms. The first-order valence-electron chi connectivity index (χ1n) is 8.81. The van der Waals surface area contributed by atoms with Crippen molar-refractivity contribution in [1.29, 1.82) is 0 Å². The summed E-state index contributed by atoms with van der Waals surface area (Å²) < 4.78 is 10.1. The normalized spacial score (nSPS) is 15.1. The summed E-state index contributed by atoms with van der Waals surface area (Å²) in [5, 5.41) is 0. The molecule has 1 aliphatic rings. The zero-order valence-electron chi connectivity index (χ0n) is 15.7. The van der Waals surface area contributed by atoms with Crippen LogP contribution in [-0.4, -0.2) is 37.1 Å². The number of fused-ring (bicyclic) bond motifs is 1. The predicted octanol–water partition coefficient (Wildman–Crippen LogP) is 2.17. The van der Waals surface area contributed by atoms with Crippen molar-refractivity contribution in [3.63, 3.8) is 0 Å². The number of nitrogen functional groups attached to an aromatic ring is 1. The van der Waals surface area contributed by atoms with Crippen LogP contribution in [0, 0.1) is 0 Å². The minimum atomic E-state index is -1.37. The van der Waals surface area contributed by atoms with E-state index in [0.29, 0.717) is 16.9 Å². The van der Waals surface area contributed by atoms with Crippen molar-refractivity contribution in [3.05, 3.63) is 23.8 Å². The molecular formula is C19H26N2O5. The highest BCUT2D eigenvalue weighted by molar-refractivity contribution is 6.12. The lowest BCUT2D eigenvalue weighted by Gasteiger charge is -2.28. The SMILES string of the molecule is CCOC(=O)CC1(CC(=O)OCC)C(=O)N(C(C)C)c2ccc(N)cc21. The minimum absolute atomic E-state index is 0.142. The highest BCUT2D eigenvalue weighted by Crippen LogP contribution is 2.48. The molecule has 1 aromatic rings. The highest BCUT2D eigenvalue weighted by atomic mass is 16.5. The van der Waals surface area contributed by atoms with Gasteiger partial charge in [-0.05, 0) is 51.5 Å². The topological polar surface area (TPSA) is 98.9 Å². The molecule has 1 aromatic carbocycles. The van der Waals surface area contributed by atoms with E-state index in [9.17, 15) is 14.4 Å². The summed E-state index contributed by atoms with van der Waals surface area (Å²) in [4.78, 5) is 39.6. The van der Waals surface area contributed by atoms with Crippen molar-refractivity contribution >= 4 is 29.2 Å². The Kier molecular flexibility index (Phi) is 5.90. The van der Waals surface area contributed by atoms with Gasteiger partial charge in [0, 0.05) is 17.4 Å². The highest BCUT2D eigenvalue weighted by Gasteiger charge is 2.54. The number of hydrogen-bond donors (Lipinski definition) is 1. The number of ether oxygens (including phenoxy) is 2. The lowest BCUT2D eigenvalue weighted by Crippen LogP contribution is -2.46. The fourth-order valence-corrected chi connectivity index (χ4v) is 3.44. The number of carbonyl (C=O) groups excluding carboxylic acids is 3. The fourth-order valence-electron chi connectivity index (χ4n) is 3.44. The summed E-state index contributed by atoms with van der Waals surface area (Å²) in [6.45, 7) is 7.53. The maximum Gasteiger partial charge on any atom is 0.307 e. The number of carbonyl (C=O) groups is 3. The maximum atomic E-state index is 13.4. The first kappa shape index (κ1) is 19.8. The van der Waals surface area contributed by atoms with Crippen LogP contribution in [-0.2, 0) is 29.3 Å². The Morgan fingerprint density at radius 3 is 2.12 bits per heavy atom. The molecule has 142 valence electrons. The van der Waals surface area contributed by atoms with Crippen LogP contribution in [0.25, 0.3) is 0 Å². The van der Waals surface area contributed by atoms with Gasteiger partial charge >= 0.3 is 11.9 Å². The monoisotopic (exact) mass is 362 g/mol. The third-order valence-corrected chi connectivity index (χ3v) is 4.44. The van der Waals surface area contributed by atoms with Gasteiger partial charge in [0.25, 0.3) is 0 Å². The van der Waals surface area contributed by atoms with Crippen molar-refractivity contribution < 1.29 is 23.9 Å². The molecule has 7 heteroatoms. The van der Waals surface area contributed by atoms with Crippen LogP contribution in [0.5, 0.6) is 0 Å². The van der Waals surface area contributed by atoms with E-state index in [1.54, 1.807) is 36.9 Å². The second kappa shape index (κ2) is 7.76. The van der Waals surface area contributed by atoms with E-state index < -0.39 is 17.4 Å². The lowest BCUT2D eigenvalue weighted by atomic mass is 9.75. The first-order valence-corrected chi connectivity index (χ1v) is 8.81. The smallest absolute Gasteiger partial charge is 0.307 e. The molecule has 26 heavy (non-hydrogen) atoms. The zero-order valence-corrected chi connectivity index (χ0v) is 15.7. The molecule has 1 aliphatic heterocycles. The number of benzene rings is 1. The van der Waals surface area contributed by atoms with Crippen LogP contribution < -0.4 is 10.6 Å². The number of hydrogen-bond acceptors (Lipinski definition) is 6. The molecule has 0 radical (unpaired) electrons. The molecule has 2 rings (SSSR count). The molecule has 1 amide bonds. The van der Waals surface area contributed by atoms with Gasteiger partial charge in [0.05, 0.1) is 31.5 Å². The summed E-state index contributed by atoms with van der Waals surface area (Å²) in [7, 11) is 0. The second-order valence-electron chi connectivity index (χ2n) is 6.59. The van der Waals surface area contributed by atoms with E-state index in [-0.39, 0.29) is 38.0 Å². The van der Waals surface area contributed by atoms with Gasteiger partial charge in [0.15, 0.2) is 0 Å². The van der Waals surface area contributed by atoms with E-state index in [0.717, 1.165) is 0 Å². The van der Waals surface area contributed by atoms with Crippen molar-refractivity contribution in [3.8, 4) is 0 Å². The van der Waals surface area contributed by atoms with Crippen molar-refractivity contribution in [2.45, 2.75) is 52.0 Å². The quantitative estimate of drug-likeness (QED) is 0.589.